The summed E-state index contributed by atoms with van der Waals surface area (Å²) in [4.78, 5) is 5.37. The lowest BCUT2D eigenvalue weighted by atomic mass is 10.1. The third-order valence-electron chi connectivity index (χ3n) is 4.04. The zero-order valence-electron chi connectivity index (χ0n) is 14.4. The molecule has 4 heteroatoms. The first-order chi connectivity index (χ1) is 11.7. The topological polar surface area (TPSA) is 40.3 Å². The molecule has 0 amide bonds. The molecule has 0 atom stereocenters. The minimum absolute atomic E-state index is 0.708. The number of nitrogens with zero attached hydrogens (tertiary/aromatic N) is 1. The van der Waals surface area contributed by atoms with Crippen molar-refractivity contribution in [1.82, 2.24) is 15.2 Å². The van der Waals surface area contributed by atoms with Crippen LogP contribution in [0.3, 0.4) is 0 Å². The average molecular weight is 323 g/mol. The molecule has 0 saturated carbocycles. The van der Waals surface area contributed by atoms with E-state index in [-0.39, 0.29) is 0 Å². The fraction of sp³-hybridized carbons (Fsp3) is 0.300. The molecule has 0 aliphatic carbocycles. The third-order valence-corrected chi connectivity index (χ3v) is 4.04. The molecule has 2 N–H and O–H groups in total. The molecule has 3 aromatic rings. The molecular formula is C20H25N3O. The number of fused-ring (bicyclic) bond motifs is 1. The van der Waals surface area contributed by atoms with E-state index in [9.17, 15) is 0 Å². The monoisotopic (exact) mass is 323 g/mol. The minimum Gasteiger partial charge on any atom is -0.492 e. The molecule has 1 aromatic heterocycles. The summed E-state index contributed by atoms with van der Waals surface area (Å²) in [5.41, 5.74) is 3.73. The van der Waals surface area contributed by atoms with Crippen LogP contribution >= 0.6 is 0 Å². The summed E-state index contributed by atoms with van der Waals surface area (Å²) in [6, 6.07) is 16.8. The Morgan fingerprint density at radius 2 is 1.92 bits per heavy atom. The van der Waals surface area contributed by atoms with Crippen LogP contribution in [0.25, 0.3) is 10.9 Å². The highest BCUT2D eigenvalue weighted by Gasteiger charge is 2.02. The molecule has 4 nitrogen and oxygen atoms in total. The van der Waals surface area contributed by atoms with E-state index in [0.29, 0.717) is 6.61 Å². The summed E-state index contributed by atoms with van der Waals surface area (Å²) >= 11 is 0. The minimum atomic E-state index is 0.708. The van der Waals surface area contributed by atoms with Crippen molar-refractivity contribution in [2.75, 3.05) is 27.2 Å². The number of benzene rings is 2. The number of likely N-dealkylation sites (N-methyl/N-ethyl adjacent to an activating group) is 1. The average Bonchev–Trinajstić information content (AvgIpc) is 3.04. The second-order valence-electron chi connectivity index (χ2n) is 6.26. The van der Waals surface area contributed by atoms with Crippen LogP contribution in [0, 0.1) is 0 Å². The second-order valence-corrected chi connectivity index (χ2v) is 6.26. The van der Waals surface area contributed by atoms with Gasteiger partial charge in [-0.2, -0.15) is 0 Å². The number of hydrogen-bond donors (Lipinski definition) is 2. The molecule has 0 saturated heterocycles. The van der Waals surface area contributed by atoms with Gasteiger partial charge in [0.2, 0.25) is 0 Å². The molecule has 3 rings (SSSR count). The van der Waals surface area contributed by atoms with Gasteiger partial charge in [-0.15, -0.1) is 0 Å². The van der Waals surface area contributed by atoms with Gasteiger partial charge in [0, 0.05) is 36.7 Å². The first-order valence-corrected chi connectivity index (χ1v) is 8.34. The van der Waals surface area contributed by atoms with Crippen LogP contribution in [-0.4, -0.2) is 37.1 Å². The molecule has 0 spiro atoms. The fourth-order valence-electron chi connectivity index (χ4n) is 2.74. The molecular weight excluding hydrogens is 298 g/mol. The molecule has 0 unspecified atom stereocenters. The summed E-state index contributed by atoms with van der Waals surface area (Å²) < 4.78 is 5.80. The van der Waals surface area contributed by atoms with E-state index in [1.165, 1.54) is 22.0 Å². The van der Waals surface area contributed by atoms with Gasteiger partial charge in [-0.1, -0.05) is 24.3 Å². The van der Waals surface area contributed by atoms with E-state index >= 15 is 0 Å². The van der Waals surface area contributed by atoms with E-state index in [0.717, 1.165) is 25.4 Å². The van der Waals surface area contributed by atoms with Crippen LogP contribution in [-0.2, 0) is 13.1 Å². The summed E-state index contributed by atoms with van der Waals surface area (Å²) in [6.45, 7) is 3.30. The van der Waals surface area contributed by atoms with E-state index in [1.54, 1.807) is 0 Å². The van der Waals surface area contributed by atoms with Crippen molar-refractivity contribution in [2.45, 2.75) is 13.1 Å². The number of aromatic nitrogens is 1. The molecule has 0 radical (unpaired) electrons. The van der Waals surface area contributed by atoms with E-state index in [2.05, 4.69) is 71.8 Å². The highest BCUT2D eigenvalue weighted by molar-refractivity contribution is 5.82. The SMILES string of the molecule is CN(C)CCOc1cccc(CNCc2cccc3[nH]ccc23)c1. The van der Waals surface area contributed by atoms with Crippen LogP contribution in [0.1, 0.15) is 11.1 Å². The van der Waals surface area contributed by atoms with E-state index in [4.69, 9.17) is 4.74 Å². The number of ether oxygens (including phenoxy) is 1. The Hall–Kier alpha value is -2.30. The Morgan fingerprint density at radius 1 is 1.04 bits per heavy atom. The zero-order valence-corrected chi connectivity index (χ0v) is 14.4. The third kappa shape index (κ3) is 4.37. The van der Waals surface area contributed by atoms with Crippen molar-refractivity contribution in [1.29, 1.82) is 0 Å². The number of hydrogen-bond acceptors (Lipinski definition) is 3. The molecule has 2 aromatic carbocycles. The molecule has 0 aliphatic heterocycles. The molecule has 126 valence electrons. The van der Waals surface area contributed by atoms with E-state index < -0.39 is 0 Å². The summed E-state index contributed by atoms with van der Waals surface area (Å²) in [5.74, 6) is 0.934. The summed E-state index contributed by atoms with van der Waals surface area (Å²) in [5, 5.41) is 4.81. The van der Waals surface area contributed by atoms with Gasteiger partial charge in [0.05, 0.1) is 0 Å². The van der Waals surface area contributed by atoms with Crippen molar-refractivity contribution in [3.8, 4) is 5.75 Å². The van der Waals surface area contributed by atoms with Gasteiger partial charge < -0.3 is 19.9 Å². The predicted octanol–water partition coefficient (Wildman–Crippen LogP) is 3.40. The van der Waals surface area contributed by atoms with Crippen LogP contribution in [0.4, 0.5) is 0 Å². The lowest BCUT2D eigenvalue weighted by Crippen LogP contribution is -2.19. The first-order valence-electron chi connectivity index (χ1n) is 8.34. The molecule has 24 heavy (non-hydrogen) atoms. The highest BCUT2D eigenvalue weighted by atomic mass is 16.5. The molecule has 0 aliphatic rings. The van der Waals surface area contributed by atoms with Crippen molar-refractivity contribution in [2.24, 2.45) is 0 Å². The lowest BCUT2D eigenvalue weighted by molar-refractivity contribution is 0.261. The smallest absolute Gasteiger partial charge is 0.119 e. The van der Waals surface area contributed by atoms with Crippen LogP contribution < -0.4 is 10.1 Å². The number of rotatable bonds is 8. The normalized spacial score (nSPS) is 11.3. The van der Waals surface area contributed by atoms with Gasteiger partial charge in [0.15, 0.2) is 0 Å². The van der Waals surface area contributed by atoms with E-state index in [1.807, 2.05) is 12.3 Å². The second kappa shape index (κ2) is 7.99. The maximum Gasteiger partial charge on any atom is 0.119 e. The largest absolute Gasteiger partial charge is 0.492 e. The van der Waals surface area contributed by atoms with Gasteiger partial charge >= 0.3 is 0 Å². The predicted molar refractivity (Wildman–Crippen MR) is 99.3 cm³/mol. The number of nitrogens with one attached hydrogen (secondary N) is 2. The Bertz CT molecular complexity index is 779. The van der Waals surface area contributed by atoms with Crippen molar-refractivity contribution in [3.63, 3.8) is 0 Å². The summed E-state index contributed by atoms with van der Waals surface area (Å²) in [7, 11) is 4.10. The highest BCUT2D eigenvalue weighted by Crippen LogP contribution is 2.18. The van der Waals surface area contributed by atoms with Gasteiger partial charge in [-0.3, -0.25) is 0 Å². The zero-order chi connectivity index (χ0) is 16.8. The van der Waals surface area contributed by atoms with Crippen molar-refractivity contribution in [3.05, 3.63) is 65.9 Å². The van der Waals surface area contributed by atoms with Crippen LogP contribution in [0.15, 0.2) is 54.7 Å². The lowest BCUT2D eigenvalue weighted by Gasteiger charge is -2.12. The maximum atomic E-state index is 5.80. The molecule has 1 heterocycles. The summed E-state index contributed by atoms with van der Waals surface area (Å²) in [6.07, 6.45) is 1.99. The van der Waals surface area contributed by atoms with Gasteiger partial charge in [0.1, 0.15) is 12.4 Å². The number of aromatic amines is 1. The Morgan fingerprint density at radius 3 is 2.79 bits per heavy atom. The Labute approximate surface area is 143 Å². The quantitative estimate of drug-likeness (QED) is 0.667. The fourth-order valence-corrected chi connectivity index (χ4v) is 2.74. The van der Waals surface area contributed by atoms with Crippen LogP contribution in [0.2, 0.25) is 0 Å². The van der Waals surface area contributed by atoms with Gasteiger partial charge in [-0.05, 0) is 49.5 Å². The van der Waals surface area contributed by atoms with Crippen molar-refractivity contribution >= 4 is 10.9 Å². The van der Waals surface area contributed by atoms with Gasteiger partial charge in [0.25, 0.3) is 0 Å². The standard InChI is InChI=1S/C20H25N3O/c1-23(2)11-12-24-18-7-3-5-16(13-18)14-21-15-17-6-4-8-20-19(17)9-10-22-20/h3-10,13,21-22H,11-12,14-15H2,1-2H3. The number of H-pyrrole nitrogens is 1. The molecule has 0 fully saturated rings. The maximum absolute atomic E-state index is 5.80. The Balaban J connectivity index is 1.54. The van der Waals surface area contributed by atoms with Crippen molar-refractivity contribution < 1.29 is 4.74 Å². The van der Waals surface area contributed by atoms with Crippen LogP contribution in [0.5, 0.6) is 5.75 Å². The van der Waals surface area contributed by atoms with Gasteiger partial charge in [-0.25, -0.2) is 0 Å². The Kier molecular flexibility index (Phi) is 5.51. The first kappa shape index (κ1) is 16.6. The molecule has 0 bridgehead atoms.